The molecule has 0 aliphatic rings. The third-order valence-electron chi connectivity index (χ3n) is 4.34. The molecular weight excluding hydrogens is 324 g/mol. The van der Waals surface area contributed by atoms with Crippen LogP contribution in [0.3, 0.4) is 0 Å². The van der Waals surface area contributed by atoms with Crippen LogP contribution in [0.4, 0.5) is 11.4 Å². The molecule has 2 aromatic carbocycles. The molecule has 0 aliphatic carbocycles. The minimum atomic E-state index is -0.339. The topological polar surface area (TPSA) is 51.2 Å². The van der Waals surface area contributed by atoms with E-state index < -0.39 is 0 Å². The van der Waals surface area contributed by atoms with Crippen LogP contribution in [0.2, 0.25) is 0 Å². The fourth-order valence-corrected chi connectivity index (χ4v) is 2.67. The lowest BCUT2D eigenvalue weighted by molar-refractivity contribution is 0.0509. The van der Waals surface area contributed by atoms with Gasteiger partial charge in [-0.25, -0.2) is 4.79 Å². The molecule has 132 valence electrons. The van der Waals surface area contributed by atoms with Crippen molar-refractivity contribution < 1.29 is 9.53 Å². The Balaban J connectivity index is 1.70. The van der Waals surface area contributed by atoms with Gasteiger partial charge < -0.3 is 10.1 Å². The van der Waals surface area contributed by atoms with E-state index in [2.05, 4.69) is 30.2 Å². The van der Waals surface area contributed by atoms with Crippen molar-refractivity contribution >= 4 is 17.3 Å². The maximum Gasteiger partial charge on any atom is 0.340 e. The van der Waals surface area contributed by atoms with Gasteiger partial charge in [0.05, 0.1) is 17.9 Å². The Morgan fingerprint density at radius 1 is 0.962 bits per heavy atom. The van der Waals surface area contributed by atoms with E-state index in [1.165, 1.54) is 5.56 Å². The highest BCUT2D eigenvalue weighted by Gasteiger charge is 2.13. The molecule has 0 spiro atoms. The Hall–Kier alpha value is -3.14. The van der Waals surface area contributed by atoms with Crippen molar-refractivity contribution in [1.29, 1.82) is 0 Å². The molecule has 3 rings (SSSR count). The number of carbonyl (C=O) groups excluding carboxylic acids is 1. The molecule has 0 saturated heterocycles. The number of hydrogen-bond donors (Lipinski definition) is 1. The Morgan fingerprint density at radius 3 is 2.54 bits per heavy atom. The lowest BCUT2D eigenvalue weighted by Gasteiger charge is -2.14. The van der Waals surface area contributed by atoms with E-state index in [-0.39, 0.29) is 5.97 Å². The molecule has 3 aromatic rings. The van der Waals surface area contributed by atoms with E-state index in [4.69, 9.17) is 4.74 Å². The van der Waals surface area contributed by atoms with Gasteiger partial charge in [-0.15, -0.1) is 0 Å². The average molecular weight is 346 g/mol. The standard InChI is InChI=1S/C22H22N2O2/c1-16-8-7-12-20(17(16)2)24-21-11-4-3-10-19(21)22(25)26-15-13-18-9-5-6-14-23-18/h3-12,14,24H,13,15H2,1-2H3. The van der Waals surface area contributed by atoms with Gasteiger partial charge >= 0.3 is 5.97 Å². The molecular formula is C22H22N2O2. The lowest BCUT2D eigenvalue weighted by Crippen LogP contribution is -2.11. The summed E-state index contributed by atoms with van der Waals surface area (Å²) in [5.74, 6) is -0.339. The highest BCUT2D eigenvalue weighted by Crippen LogP contribution is 2.25. The largest absolute Gasteiger partial charge is 0.462 e. The summed E-state index contributed by atoms with van der Waals surface area (Å²) < 4.78 is 5.45. The fraction of sp³-hybridized carbons (Fsp3) is 0.182. The Bertz CT molecular complexity index is 892. The molecule has 1 aromatic heterocycles. The number of nitrogens with one attached hydrogen (secondary N) is 1. The first-order valence-electron chi connectivity index (χ1n) is 8.64. The van der Waals surface area contributed by atoms with Gasteiger partial charge in [0.15, 0.2) is 0 Å². The molecule has 0 aliphatic heterocycles. The molecule has 1 heterocycles. The van der Waals surface area contributed by atoms with E-state index in [0.717, 1.165) is 22.6 Å². The number of pyridine rings is 1. The van der Waals surface area contributed by atoms with E-state index in [0.29, 0.717) is 18.6 Å². The predicted octanol–water partition coefficient (Wildman–Crippen LogP) is 4.84. The highest BCUT2D eigenvalue weighted by atomic mass is 16.5. The number of benzene rings is 2. The number of anilines is 2. The van der Waals surface area contributed by atoms with Crippen molar-refractivity contribution in [2.24, 2.45) is 0 Å². The summed E-state index contributed by atoms with van der Waals surface area (Å²) in [6.45, 7) is 4.43. The van der Waals surface area contributed by atoms with Crippen LogP contribution in [0.5, 0.6) is 0 Å². The van der Waals surface area contributed by atoms with Crippen molar-refractivity contribution in [2.45, 2.75) is 20.3 Å². The number of rotatable bonds is 6. The van der Waals surface area contributed by atoms with Crippen molar-refractivity contribution in [3.8, 4) is 0 Å². The van der Waals surface area contributed by atoms with Crippen molar-refractivity contribution in [3.05, 3.63) is 89.2 Å². The molecule has 1 N–H and O–H groups in total. The monoisotopic (exact) mass is 346 g/mol. The normalized spacial score (nSPS) is 10.4. The van der Waals surface area contributed by atoms with E-state index in [1.54, 1.807) is 12.3 Å². The van der Waals surface area contributed by atoms with Gasteiger partial charge in [0.25, 0.3) is 0 Å². The quantitative estimate of drug-likeness (QED) is 0.649. The summed E-state index contributed by atoms with van der Waals surface area (Å²) in [5, 5.41) is 3.36. The van der Waals surface area contributed by atoms with Crippen LogP contribution < -0.4 is 5.32 Å². The predicted molar refractivity (Wildman–Crippen MR) is 104 cm³/mol. The summed E-state index contributed by atoms with van der Waals surface area (Å²) in [6, 6.07) is 19.2. The Morgan fingerprint density at radius 2 is 1.73 bits per heavy atom. The smallest absolute Gasteiger partial charge is 0.340 e. The zero-order chi connectivity index (χ0) is 18.4. The van der Waals surface area contributed by atoms with Crippen molar-refractivity contribution in [1.82, 2.24) is 4.98 Å². The second kappa shape index (κ2) is 8.30. The molecule has 0 atom stereocenters. The number of ether oxygens (including phenoxy) is 1. The zero-order valence-corrected chi connectivity index (χ0v) is 15.0. The summed E-state index contributed by atoms with van der Waals surface area (Å²) in [5.41, 5.74) is 5.51. The maximum absolute atomic E-state index is 12.5. The third-order valence-corrected chi connectivity index (χ3v) is 4.34. The van der Waals surface area contributed by atoms with Crippen molar-refractivity contribution in [2.75, 3.05) is 11.9 Å². The molecule has 0 saturated carbocycles. The van der Waals surface area contributed by atoms with Gasteiger partial charge in [0.2, 0.25) is 0 Å². The third kappa shape index (κ3) is 4.28. The molecule has 0 fully saturated rings. The van der Waals surface area contributed by atoms with Crippen LogP contribution in [0, 0.1) is 13.8 Å². The number of para-hydroxylation sites is 1. The van der Waals surface area contributed by atoms with Crippen LogP contribution in [0.1, 0.15) is 27.2 Å². The number of esters is 1. The summed E-state index contributed by atoms with van der Waals surface area (Å²) >= 11 is 0. The minimum absolute atomic E-state index is 0.299. The molecule has 4 heteroatoms. The average Bonchev–Trinajstić information content (AvgIpc) is 2.67. The zero-order valence-electron chi connectivity index (χ0n) is 15.0. The second-order valence-corrected chi connectivity index (χ2v) is 6.13. The molecule has 26 heavy (non-hydrogen) atoms. The van der Waals surface area contributed by atoms with Crippen LogP contribution in [0.15, 0.2) is 66.9 Å². The van der Waals surface area contributed by atoms with Crippen molar-refractivity contribution in [3.63, 3.8) is 0 Å². The van der Waals surface area contributed by atoms with Crippen LogP contribution in [-0.4, -0.2) is 17.6 Å². The fourth-order valence-electron chi connectivity index (χ4n) is 2.67. The number of hydrogen-bond acceptors (Lipinski definition) is 4. The minimum Gasteiger partial charge on any atom is -0.462 e. The first kappa shape index (κ1) is 17.7. The van der Waals surface area contributed by atoms with Gasteiger partial charge in [0, 0.05) is 24.0 Å². The SMILES string of the molecule is Cc1cccc(Nc2ccccc2C(=O)OCCc2ccccn2)c1C. The highest BCUT2D eigenvalue weighted by molar-refractivity contribution is 5.96. The second-order valence-electron chi connectivity index (χ2n) is 6.13. The van der Waals surface area contributed by atoms with E-state index in [1.807, 2.05) is 48.5 Å². The molecule has 0 unspecified atom stereocenters. The molecule has 4 nitrogen and oxygen atoms in total. The van der Waals surface area contributed by atoms with E-state index in [9.17, 15) is 4.79 Å². The number of nitrogens with zero attached hydrogens (tertiary/aromatic N) is 1. The van der Waals surface area contributed by atoms with Crippen LogP contribution in [0.25, 0.3) is 0 Å². The number of aryl methyl sites for hydroxylation is 1. The van der Waals surface area contributed by atoms with Crippen LogP contribution in [-0.2, 0) is 11.2 Å². The molecule has 0 radical (unpaired) electrons. The Kier molecular flexibility index (Phi) is 5.64. The number of aromatic nitrogens is 1. The summed E-state index contributed by atoms with van der Waals surface area (Å²) in [6.07, 6.45) is 2.33. The van der Waals surface area contributed by atoms with Gasteiger partial charge in [-0.3, -0.25) is 4.98 Å². The Labute approximate surface area is 153 Å². The lowest BCUT2D eigenvalue weighted by atomic mass is 10.1. The first-order valence-corrected chi connectivity index (χ1v) is 8.64. The summed E-state index contributed by atoms with van der Waals surface area (Å²) in [7, 11) is 0. The van der Waals surface area contributed by atoms with Gasteiger partial charge in [0.1, 0.15) is 0 Å². The molecule has 0 bridgehead atoms. The van der Waals surface area contributed by atoms with Gasteiger partial charge in [-0.2, -0.15) is 0 Å². The summed E-state index contributed by atoms with van der Waals surface area (Å²) in [4.78, 5) is 16.8. The van der Waals surface area contributed by atoms with Gasteiger partial charge in [-0.05, 0) is 55.3 Å². The number of carbonyl (C=O) groups is 1. The first-order chi connectivity index (χ1) is 12.6. The van der Waals surface area contributed by atoms with E-state index >= 15 is 0 Å². The molecule has 0 amide bonds. The van der Waals surface area contributed by atoms with Gasteiger partial charge in [-0.1, -0.05) is 30.3 Å². The van der Waals surface area contributed by atoms with Crippen LogP contribution >= 0.6 is 0 Å². The maximum atomic E-state index is 12.5.